The van der Waals surface area contributed by atoms with Crippen LogP contribution in [0.4, 0.5) is 0 Å². The molecule has 1 unspecified atom stereocenters. The molecule has 0 saturated heterocycles. The molecule has 0 aliphatic rings. The third-order valence-electron chi connectivity index (χ3n) is 1.60. The molecule has 0 bridgehead atoms. The van der Waals surface area contributed by atoms with E-state index in [2.05, 4.69) is 0 Å². The van der Waals surface area contributed by atoms with Gasteiger partial charge in [0.1, 0.15) is 5.25 Å². The molecule has 0 aromatic rings. The summed E-state index contributed by atoms with van der Waals surface area (Å²) in [5.74, 6) is -3.28. The van der Waals surface area contributed by atoms with Gasteiger partial charge in [-0.1, -0.05) is 6.92 Å². The largest absolute Gasteiger partial charge is 1.00 e. The maximum Gasteiger partial charge on any atom is 1.00 e. The number of hydrogen-bond donors (Lipinski definition) is 3. The zero-order valence-corrected chi connectivity index (χ0v) is 11.6. The molecule has 0 aliphatic carbocycles. The second-order valence-electron chi connectivity index (χ2n) is 2.65. The van der Waals surface area contributed by atoms with Crippen LogP contribution in [0.3, 0.4) is 0 Å². The van der Waals surface area contributed by atoms with Gasteiger partial charge in [-0.3, -0.25) is 4.55 Å². The van der Waals surface area contributed by atoms with E-state index in [1.54, 1.807) is 0 Å². The van der Waals surface area contributed by atoms with E-state index in [1.165, 1.54) is 6.92 Å². The first-order valence-electron chi connectivity index (χ1n) is 3.84. The second kappa shape index (κ2) is 7.02. The Bertz CT molecular complexity index is 402. The van der Waals surface area contributed by atoms with Gasteiger partial charge in [0.05, 0.1) is 5.57 Å². The van der Waals surface area contributed by atoms with Crippen LogP contribution in [0.1, 0.15) is 14.8 Å². The third-order valence-corrected chi connectivity index (χ3v) is 2.91. The molecule has 0 aliphatic heterocycles. The standard InChI is InChI=1S/C7H10O7S.Na.H/c1-2-5(15(12,13)14)4(7(10)11)3-6(8)9;;/h3,5H,2H2,1H3,(H,8,9)(H,10,11)(H,12,13,14);;/q;+1;-1. The van der Waals surface area contributed by atoms with Crippen LogP contribution in [0.2, 0.25) is 0 Å². The minimum absolute atomic E-state index is 0. The van der Waals surface area contributed by atoms with E-state index in [0.717, 1.165) is 0 Å². The molecule has 0 radical (unpaired) electrons. The van der Waals surface area contributed by atoms with Crippen molar-refractivity contribution in [3.05, 3.63) is 11.6 Å². The number of aliphatic carboxylic acids is 2. The van der Waals surface area contributed by atoms with Gasteiger partial charge in [-0.25, -0.2) is 9.59 Å². The van der Waals surface area contributed by atoms with Gasteiger partial charge in [0.25, 0.3) is 10.1 Å². The van der Waals surface area contributed by atoms with Crippen molar-refractivity contribution >= 4 is 22.1 Å². The van der Waals surface area contributed by atoms with E-state index in [4.69, 9.17) is 14.8 Å². The van der Waals surface area contributed by atoms with Crippen molar-refractivity contribution in [2.75, 3.05) is 0 Å². The molecule has 0 fully saturated rings. The van der Waals surface area contributed by atoms with Crippen LogP contribution in [-0.2, 0) is 19.7 Å². The van der Waals surface area contributed by atoms with E-state index in [0.29, 0.717) is 0 Å². The summed E-state index contributed by atoms with van der Waals surface area (Å²) >= 11 is 0. The molecule has 88 valence electrons. The Morgan fingerprint density at radius 2 is 1.81 bits per heavy atom. The molecule has 16 heavy (non-hydrogen) atoms. The minimum atomic E-state index is -4.62. The van der Waals surface area contributed by atoms with Crippen molar-refractivity contribution in [1.82, 2.24) is 0 Å². The Balaban J connectivity index is -0.000000980. The Labute approximate surface area is 116 Å². The molecule has 0 rings (SSSR count). The third kappa shape index (κ3) is 5.61. The van der Waals surface area contributed by atoms with Gasteiger partial charge < -0.3 is 11.6 Å². The molecular weight excluding hydrogens is 251 g/mol. The van der Waals surface area contributed by atoms with Gasteiger partial charge in [0, 0.05) is 6.08 Å². The van der Waals surface area contributed by atoms with Crippen LogP contribution in [0.15, 0.2) is 11.6 Å². The maximum absolute atomic E-state index is 10.7. The Kier molecular flexibility index (Phi) is 7.89. The van der Waals surface area contributed by atoms with Gasteiger partial charge in [0.2, 0.25) is 0 Å². The molecule has 7 nitrogen and oxygen atoms in total. The van der Waals surface area contributed by atoms with E-state index in [9.17, 15) is 18.0 Å². The van der Waals surface area contributed by atoms with Crippen molar-refractivity contribution in [2.24, 2.45) is 0 Å². The zero-order chi connectivity index (χ0) is 12.2. The maximum atomic E-state index is 10.7. The molecule has 0 aromatic carbocycles. The average molecular weight is 262 g/mol. The molecule has 0 aromatic heterocycles. The summed E-state index contributed by atoms with van der Waals surface area (Å²) in [6.45, 7) is 1.32. The summed E-state index contributed by atoms with van der Waals surface area (Å²) in [5, 5.41) is 15.2. The van der Waals surface area contributed by atoms with Gasteiger partial charge in [-0.15, -0.1) is 0 Å². The van der Waals surface area contributed by atoms with Crippen LogP contribution in [0.25, 0.3) is 0 Å². The number of carboxylic acids is 2. The van der Waals surface area contributed by atoms with Crippen molar-refractivity contribution in [3.8, 4) is 0 Å². The summed E-state index contributed by atoms with van der Waals surface area (Å²) < 4.78 is 30.2. The van der Waals surface area contributed by atoms with Crippen molar-refractivity contribution in [3.63, 3.8) is 0 Å². The van der Waals surface area contributed by atoms with Gasteiger partial charge in [-0.2, -0.15) is 8.42 Å². The number of carboxylic acid groups (broad SMARTS) is 2. The Hall–Kier alpha value is -0.410. The van der Waals surface area contributed by atoms with Gasteiger partial charge in [0.15, 0.2) is 0 Å². The van der Waals surface area contributed by atoms with Crippen molar-refractivity contribution < 1.29 is 63.8 Å². The van der Waals surface area contributed by atoms with Crippen molar-refractivity contribution in [2.45, 2.75) is 18.6 Å². The fourth-order valence-corrected chi connectivity index (χ4v) is 1.93. The molecule has 1 atom stereocenters. The van der Waals surface area contributed by atoms with Crippen LogP contribution in [-0.4, -0.2) is 40.4 Å². The van der Waals surface area contributed by atoms with Crippen LogP contribution in [0.5, 0.6) is 0 Å². The zero-order valence-electron chi connectivity index (χ0n) is 9.74. The first-order valence-corrected chi connectivity index (χ1v) is 5.34. The molecule has 3 N–H and O–H groups in total. The fraction of sp³-hybridized carbons (Fsp3) is 0.429. The summed E-state index contributed by atoms with van der Waals surface area (Å²) in [7, 11) is -4.62. The monoisotopic (exact) mass is 262 g/mol. The van der Waals surface area contributed by atoms with E-state index < -0.39 is 32.9 Å². The van der Waals surface area contributed by atoms with E-state index in [1.807, 2.05) is 0 Å². The minimum Gasteiger partial charge on any atom is -1.00 e. The SMILES string of the molecule is CCC(C(=CC(=O)O)C(=O)O)S(=O)(=O)O.[H-].[Na+]. The fourth-order valence-electron chi connectivity index (χ4n) is 1.02. The average Bonchev–Trinajstić information content (AvgIpc) is 2.00. The molecule has 9 heteroatoms. The number of rotatable bonds is 5. The van der Waals surface area contributed by atoms with E-state index >= 15 is 0 Å². The summed E-state index contributed by atoms with van der Waals surface area (Å²) in [6, 6.07) is 0. The quantitative estimate of drug-likeness (QED) is 0.271. The smallest absolute Gasteiger partial charge is 1.00 e. The molecular formula is C7H11NaO7S. The van der Waals surface area contributed by atoms with Crippen LogP contribution >= 0.6 is 0 Å². The topological polar surface area (TPSA) is 129 Å². The molecule has 0 saturated carbocycles. The molecule has 0 heterocycles. The summed E-state index contributed by atoms with van der Waals surface area (Å²) in [6.07, 6.45) is 0.0223. The summed E-state index contributed by atoms with van der Waals surface area (Å²) in [4.78, 5) is 20.8. The van der Waals surface area contributed by atoms with Crippen LogP contribution < -0.4 is 29.6 Å². The van der Waals surface area contributed by atoms with E-state index in [-0.39, 0.29) is 43.5 Å². The number of hydrogen-bond acceptors (Lipinski definition) is 4. The first kappa shape index (κ1) is 18.0. The first-order chi connectivity index (χ1) is 6.70. The van der Waals surface area contributed by atoms with Crippen LogP contribution in [0, 0.1) is 0 Å². The predicted octanol–water partition coefficient (Wildman–Crippen LogP) is -3.14. The van der Waals surface area contributed by atoms with Gasteiger partial charge in [-0.05, 0) is 6.42 Å². The predicted molar refractivity (Wildman–Crippen MR) is 50.1 cm³/mol. The Morgan fingerprint density at radius 3 is 2.00 bits per heavy atom. The number of carbonyl (C=O) groups is 2. The normalized spacial score (nSPS) is 13.8. The molecule has 0 amide bonds. The molecule has 0 spiro atoms. The van der Waals surface area contributed by atoms with Crippen molar-refractivity contribution in [1.29, 1.82) is 0 Å². The Morgan fingerprint density at radius 1 is 1.38 bits per heavy atom. The summed E-state index contributed by atoms with van der Waals surface area (Å²) in [5.41, 5.74) is -0.868. The van der Waals surface area contributed by atoms with Gasteiger partial charge >= 0.3 is 41.5 Å². The second-order valence-corrected chi connectivity index (χ2v) is 4.25.